The van der Waals surface area contributed by atoms with Crippen LogP contribution < -0.4 is 5.32 Å². The van der Waals surface area contributed by atoms with Gasteiger partial charge in [0.15, 0.2) is 0 Å². The average Bonchev–Trinajstić information content (AvgIpc) is 2.76. The molecule has 6 rings (SSSR count). The summed E-state index contributed by atoms with van der Waals surface area (Å²) >= 11 is 6.38. The van der Waals surface area contributed by atoms with E-state index in [1.54, 1.807) is 18.2 Å². The van der Waals surface area contributed by atoms with Crippen molar-refractivity contribution in [1.29, 1.82) is 0 Å². The standard InChI is InChI=1S/C26H27ClFNO3/c1-32-25(31)21-10-19(28)3-4-20(21)18-2-5-23(27)22(9-18)24(30)29-14-26-11-15-6-16(12-26)8-17(7-15)13-26/h2-5,9-10,15-17H,6-8,11-14H2,1H3,(H,29,30). The van der Waals surface area contributed by atoms with E-state index >= 15 is 0 Å². The number of nitrogens with one attached hydrogen (secondary N) is 1. The molecule has 6 heteroatoms. The first-order valence-corrected chi connectivity index (χ1v) is 11.7. The monoisotopic (exact) mass is 455 g/mol. The van der Waals surface area contributed by atoms with Crippen LogP contribution in [-0.2, 0) is 4.74 Å². The van der Waals surface area contributed by atoms with Crippen molar-refractivity contribution in [1.82, 2.24) is 5.32 Å². The van der Waals surface area contributed by atoms with Crippen LogP contribution in [0.1, 0.15) is 59.2 Å². The summed E-state index contributed by atoms with van der Waals surface area (Å²) in [4.78, 5) is 25.3. The summed E-state index contributed by atoms with van der Waals surface area (Å²) in [6.45, 7) is 0.680. The van der Waals surface area contributed by atoms with Crippen LogP contribution >= 0.6 is 11.6 Å². The largest absolute Gasteiger partial charge is 0.465 e. The Morgan fingerprint density at radius 1 is 1.03 bits per heavy atom. The van der Waals surface area contributed by atoms with Gasteiger partial charge < -0.3 is 10.1 Å². The van der Waals surface area contributed by atoms with Crippen molar-refractivity contribution in [3.8, 4) is 11.1 Å². The van der Waals surface area contributed by atoms with Crippen molar-refractivity contribution in [3.05, 3.63) is 58.4 Å². The third kappa shape index (κ3) is 3.92. The fraction of sp³-hybridized carbons (Fsp3) is 0.462. The van der Waals surface area contributed by atoms with E-state index in [1.165, 1.54) is 57.8 Å². The van der Waals surface area contributed by atoms with Gasteiger partial charge in [-0.15, -0.1) is 0 Å². The van der Waals surface area contributed by atoms with Gasteiger partial charge in [-0.1, -0.05) is 23.7 Å². The predicted molar refractivity (Wildman–Crippen MR) is 121 cm³/mol. The molecule has 0 radical (unpaired) electrons. The van der Waals surface area contributed by atoms with Crippen LogP contribution in [0.3, 0.4) is 0 Å². The second-order valence-corrected chi connectivity index (χ2v) is 10.4. The topological polar surface area (TPSA) is 55.4 Å². The summed E-state index contributed by atoms with van der Waals surface area (Å²) in [5, 5.41) is 3.50. The van der Waals surface area contributed by atoms with E-state index in [-0.39, 0.29) is 16.9 Å². The predicted octanol–water partition coefficient (Wildman–Crippen LogP) is 5.88. The lowest BCUT2D eigenvalue weighted by Crippen LogP contribution is -2.51. The van der Waals surface area contributed by atoms with Gasteiger partial charge in [0.1, 0.15) is 5.82 Å². The highest BCUT2D eigenvalue weighted by molar-refractivity contribution is 6.34. The molecule has 0 saturated heterocycles. The molecule has 4 nitrogen and oxygen atoms in total. The SMILES string of the molecule is COC(=O)c1cc(F)ccc1-c1ccc(Cl)c(C(=O)NCC23CC4CC(CC(C4)C2)C3)c1. The fourth-order valence-electron chi connectivity index (χ4n) is 6.78. The lowest BCUT2D eigenvalue weighted by Gasteiger charge is -2.56. The van der Waals surface area contributed by atoms with Gasteiger partial charge in [0, 0.05) is 6.54 Å². The van der Waals surface area contributed by atoms with Gasteiger partial charge >= 0.3 is 5.97 Å². The number of hydrogen-bond donors (Lipinski definition) is 1. The highest BCUT2D eigenvalue weighted by Gasteiger charge is 2.50. The number of ether oxygens (including phenoxy) is 1. The molecule has 1 N–H and O–H groups in total. The van der Waals surface area contributed by atoms with E-state index in [9.17, 15) is 14.0 Å². The smallest absolute Gasteiger partial charge is 0.338 e. The summed E-state index contributed by atoms with van der Waals surface area (Å²) in [6.07, 6.45) is 7.73. The molecular formula is C26H27ClFNO3. The van der Waals surface area contributed by atoms with Crippen LogP contribution in [0, 0.1) is 29.0 Å². The number of hydrogen-bond acceptors (Lipinski definition) is 3. The molecule has 0 aromatic heterocycles. The fourth-order valence-corrected chi connectivity index (χ4v) is 6.99. The Labute approximate surface area is 192 Å². The maximum absolute atomic E-state index is 13.7. The zero-order chi connectivity index (χ0) is 22.5. The van der Waals surface area contributed by atoms with Gasteiger partial charge in [0.05, 0.1) is 23.3 Å². The molecule has 2 aromatic carbocycles. The van der Waals surface area contributed by atoms with Gasteiger partial charge in [-0.25, -0.2) is 9.18 Å². The zero-order valence-corrected chi connectivity index (χ0v) is 18.9. The minimum absolute atomic E-state index is 0.106. The molecular weight excluding hydrogens is 429 g/mol. The number of esters is 1. The number of methoxy groups -OCH3 is 1. The Kier molecular flexibility index (Phi) is 5.48. The van der Waals surface area contributed by atoms with Crippen molar-refractivity contribution in [3.63, 3.8) is 0 Å². The van der Waals surface area contributed by atoms with Crippen molar-refractivity contribution in [2.45, 2.75) is 38.5 Å². The molecule has 0 unspecified atom stereocenters. The maximum atomic E-state index is 13.7. The molecule has 0 heterocycles. The first kappa shape index (κ1) is 21.4. The lowest BCUT2D eigenvalue weighted by atomic mass is 9.49. The highest BCUT2D eigenvalue weighted by Crippen LogP contribution is 2.59. The summed E-state index contributed by atoms with van der Waals surface area (Å²) < 4.78 is 18.5. The van der Waals surface area contributed by atoms with E-state index in [1.807, 2.05) is 0 Å². The van der Waals surface area contributed by atoms with Crippen LogP contribution in [0.15, 0.2) is 36.4 Å². The highest BCUT2D eigenvalue weighted by atomic mass is 35.5. The molecule has 4 fully saturated rings. The second-order valence-electron chi connectivity index (χ2n) is 9.98. The minimum atomic E-state index is -0.637. The van der Waals surface area contributed by atoms with Gasteiger partial charge in [0.2, 0.25) is 0 Å². The van der Waals surface area contributed by atoms with E-state index in [0.717, 1.165) is 23.8 Å². The van der Waals surface area contributed by atoms with E-state index in [0.29, 0.717) is 28.3 Å². The molecule has 0 aliphatic heterocycles. The summed E-state index contributed by atoms with van der Waals surface area (Å²) in [5.41, 5.74) is 1.78. The van der Waals surface area contributed by atoms with Crippen LogP contribution in [0.5, 0.6) is 0 Å². The van der Waals surface area contributed by atoms with Crippen LogP contribution in [0.25, 0.3) is 11.1 Å². The molecule has 0 atom stereocenters. The van der Waals surface area contributed by atoms with Gasteiger partial charge in [-0.05, 0) is 97.1 Å². The molecule has 4 aliphatic rings. The van der Waals surface area contributed by atoms with Gasteiger partial charge in [0.25, 0.3) is 5.91 Å². The zero-order valence-electron chi connectivity index (χ0n) is 18.1. The number of rotatable bonds is 5. The van der Waals surface area contributed by atoms with E-state index < -0.39 is 11.8 Å². The quantitative estimate of drug-likeness (QED) is 0.573. The van der Waals surface area contributed by atoms with Crippen molar-refractivity contribution >= 4 is 23.5 Å². The molecule has 168 valence electrons. The molecule has 4 bridgehead atoms. The average molecular weight is 456 g/mol. The van der Waals surface area contributed by atoms with Crippen molar-refractivity contribution in [2.24, 2.45) is 23.2 Å². The van der Waals surface area contributed by atoms with Gasteiger partial charge in [-0.3, -0.25) is 4.79 Å². The Hall–Kier alpha value is -2.40. The number of carbonyl (C=O) groups excluding carboxylic acids is 2. The van der Waals surface area contributed by atoms with Crippen LogP contribution in [0.4, 0.5) is 4.39 Å². The molecule has 2 aromatic rings. The Morgan fingerprint density at radius 3 is 2.31 bits per heavy atom. The third-order valence-corrected chi connectivity index (χ3v) is 8.03. The number of benzene rings is 2. The van der Waals surface area contributed by atoms with E-state index in [4.69, 9.17) is 16.3 Å². The Balaban J connectivity index is 1.38. The first-order chi connectivity index (χ1) is 15.4. The van der Waals surface area contributed by atoms with Crippen molar-refractivity contribution in [2.75, 3.05) is 13.7 Å². The molecule has 4 saturated carbocycles. The van der Waals surface area contributed by atoms with Crippen molar-refractivity contribution < 1.29 is 18.7 Å². The Bertz CT molecular complexity index is 1050. The number of carbonyl (C=O) groups is 2. The summed E-state index contributed by atoms with van der Waals surface area (Å²) in [5.74, 6) is 1.08. The van der Waals surface area contributed by atoms with Crippen LogP contribution in [0.2, 0.25) is 5.02 Å². The van der Waals surface area contributed by atoms with Gasteiger partial charge in [-0.2, -0.15) is 0 Å². The maximum Gasteiger partial charge on any atom is 0.338 e. The van der Waals surface area contributed by atoms with E-state index in [2.05, 4.69) is 5.32 Å². The first-order valence-electron chi connectivity index (χ1n) is 11.3. The molecule has 0 spiro atoms. The number of amides is 1. The van der Waals surface area contributed by atoms with Crippen LogP contribution in [-0.4, -0.2) is 25.5 Å². The number of halogens is 2. The summed E-state index contributed by atoms with van der Waals surface area (Å²) in [6, 6.07) is 8.96. The normalized spacial score (nSPS) is 27.9. The second kappa shape index (κ2) is 8.18. The molecule has 32 heavy (non-hydrogen) atoms. The molecule has 1 amide bonds. The summed E-state index contributed by atoms with van der Waals surface area (Å²) in [7, 11) is 1.25. The lowest BCUT2D eigenvalue weighted by molar-refractivity contribution is -0.0503. The third-order valence-electron chi connectivity index (χ3n) is 7.70. The minimum Gasteiger partial charge on any atom is -0.465 e. The molecule has 4 aliphatic carbocycles. The Morgan fingerprint density at radius 2 is 1.69 bits per heavy atom.